The van der Waals surface area contributed by atoms with Crippen molar-refractivity contribution in [3.05, 3.63) is 34.9 Å². The summed E-state index contributed by atoms with van der Waals surface area (Å²) in [5.74, 6) is 0.586. The molecule has 4 nitrogen and oxygen atoms in total. The van der Waals surface area contributed by atoms with Crippen molar-refractivity contribution in [2.75, 3.05) is 6.54 Å². The number of rotatable bonds is 4. The Morgan fingerprint density at radius 3 is 2.68 bits per heavy atom. The number of nitriles is 1. The van der Waals surface area contributed by atoms with Gasteiger partial charge in [0.05, 0.1) is 6.07 Å². The van der Waals surface area contributed by atoms with Crippen LogP contribution in [0.5, 0.6) is 0 Å². The van der Waals surface area contributed by atoms with E-state index in [4.69, 9.17) is 16.6 Å². The number of benzene rings is 1. The number of nitrogens with one attached hydrogen (secondary N) is 1. The summed E-state index contributed by atoms with van der Waals surface area (Å²) in [6.07, 6.45) is 4.74. The van der Waals surface area contributed by atoms with E-state index in [0.717, 1.165) is 31.2 Å². The molecule has 0 aliphatic carbocycles. The Hall–Kier alpha value is -1.86. The third-order valence-corrected chi connectivity index (χ3v) is 4.97. The van der Waals surface area contributed by atoms with Crippen LogP contribution in [0.4, 0.5) is 0 Å². The molecule has 1 aromatic rings. The highest BCUT2D eigenvalue weighted by Gasteiger charge is 2.24. The summed E-state index contributed by atoms with van der Waals surface area (Å²) in [5, 5.41) is 13.0. The zero-order chi connectivity index (χ0) is 18.2. The number of carbonyl (C=O) groups excluding carboxylic acids is 1. The van der Waals surface area contributed by atoms with E-state index in [9.17, 15) is 10.1 Å². The average Bonchev–Trinajstić information content (AvgIpc) is 2.61. The molecule has 1 aliphatic heterocycles. The predicted octanol–water partition coefficient (Wildman–Crippen LogP) is 4.58. The van der Waals surface area contributed by atoms with Crippen molar-refractivity contribution in [2.24, 2.45) is 22.7 Å². The molecule has 134 valence electrons. The molecule has 5 heteroatoms. The molecule has 0 fully saturated rings. The van der Waals surface area contributed by atoms with Crippen LogP contribution in [-0.2, 0) is 4.79 Å². The molecule has 0 saturated carbocycles. The van der Waals surface area contributed by atoms with Crippen molar-refractivity contribution in [1.29, 1.82) is 5.26 Å². The highest BCUT2D eigenvalue weighted by molar-refractivity contribution is 6.30. The molecular weight excluding hydrogens is 334 g/mol. The summed E-state index contributed by atoms with van der Waals surface area (Å²) in [6, 6.07) is 9.73. The van der Waals surface area contributed by atoms with Crippen molar-refractivity contribution in [2.45, 2.75) is 46.0 Å². The lowest BCUT2D eigenvalue weighted by molar-refractivity contribution is -0.123. The highest BCUT2D eigenvalue weighted by Crippen LogP contribution is 2.25. The molecule has 1 heterocycles. The Morgan fingerprint density at radius 2 is 2.04 bits per heavy atom. The van der Waals surface area contributed by atoms with Gasteiger partial charge in [0.1, 0.15) is 5.84 Å². The van der Waals surface area contributed by atoms with Crippen molar-refractivity contribution < 1.29 is 4.79 Å². The lowest BCUT2D eigenvalue weighted by Gasteiger charge is -2.23. The second kappa shape index (κ2) is 9.58. The predicted molar refractivity (Wildman–Crippen MR) is 102 cm³/mol. The van der Waals surface area contributed by atoms with Gasteiger partial charge in [-0.1, -0.05) is 38.3 Å². The van der Waals surface area contributed by atoms with Gasteiger partial charge in [-0.05, 0) is 49.4 Å². The first-order valence-corrected chi connectivity index (χ1v) is 9.42. The first-order valence-electron chi connectivity index (χ1n) is 9.04. The Kier molecular flexibility index (Phi) is 7.46. The zero-order valence-electron chi connectivity index (χ0n) is 15.0. The van der Waals surface area contributed by atoms with Crippen LogP contribution in [0.2, 0.25) is 5.02 Å². The zero-order valence-corrected chi connectivity index (χ0v) is 15.7. The van der Waals surface area contributed by atoms with Gasteiger partial charge >= 0.3 is 0 Å². The quantitative estimate of drug-likeness (QED) is 0.855. The minimum Gasteiger partial charge on any atom is -0.310 e. The van der Waals surface area contributed by atoms with E-state index in [-0.39, 0.29) is 17.7 Å². The van der Waals surface area contributed by atoms with Gasteiger partial charge in [0.15, 0.2) is 0 Å². The second-order valence-electron chi connectivity index (χ2n) is 6.89. The van der Waals surface area contributed by atoms with Gasteiger partial charge in [-0.3, -0.25) is 9.79 Å². The van der Waals surface area contributed by atoms with E-state index < -0.39 is 0 Å². The maximum Gasteiger partial charge on any atom is 0.228 e. The maximum absolute atomic E-state index is 12.5. The highest BCUT2D eigenvalue weighted by atomic mass is 35.5. The van der Waals surface area contributed by atoms with Crippen LogP contribution in [-0.4, -0.2) is 18.3 Å². The summed E-state index contributed by atoms with van der Waals surface area (Å²) < 4.78 is 0. The van der Waals surface area contributed by atoms with E-state index in [1.807, 2.05) is 19.1 Å². The average molecular weight is 360 g/mol. The number of amides is 1. The van der Waals surface area contributed by atoms with Crippen molar-refractivity contribution in [3.63, 3.8) is 0 Å². The summed E-state index contributed by atoms with van der Waals surface area (Å²) >= 11 is 5.96. The topological polar surface area (TPSA) is 65.2 Å². The van der Waals surface area contributed by atoms with Gasteiger partial charge in [-0.2, -0.15) is 5.26 Å². The van der Waals surface area contributed by atoms with Gasteiger partial charge in [0.25, 0.3) is 0 Å². The van der Waals surface area contributed by atoms with Crippen LogP contribution in [0.1, 0.15) is 51.5 Å². The molecule has 0 aromatic heterocycles. The van der Waals surface area contributed by atoms with E-state index in [0.29, 0.717) is 29.7 Å². The monoisotopic (exact) mass is 359 g/mol. The van der Waals surface area contributed by atoms with Crippen molar-refractivity contribution in [3.8, 4) is 6.07 Å². The maximum atomic E-state index is 12.5. The summed E-state index contributed by atoms with van der Waals surface area (Å²) in [6.45, 7) is 4.68. The number of unbranched alkanes of at least 4 members (excludes halogenated alkanes) is 1. The molecule has 0 radical (unpaired) electrons. The number of halogens is 1. The van der Waals surface area contributed by atoms with E-state index in [1.165, 1.54) is 0 Å². The van der Waals surface area contributed by atoms with E-state index in [2.05, 4.69) is 18.3 Å². The number of carbonyl (C=O) groups is 1. The molecule has 2 rings (SSSR count). The molecule has 0 bridgehead atoms. The number of amidine groups is 1. The summed E-state index contributed by atoms with van der Waals surface area (Å²) in [5.41, 5.74) is 0.858. The smallest absolute Gasteiger partial charge is 0.228 e. The fourth-order valence-electron chi connectivity index (χ4n) is 3.19. The fraction of sp³-hybridized carbons (Fsp3) is 0.550. The molecule has 0 spiro atoms. The SMILES string of the molecule is CCCCC1CN=C(c2ccc(Cl)cc2)NC(=O)C(C)CC(C#N)C1. The van der Waals surface area contributed by atoms with Crippen molar-refractivity contribution in [1.82, 2.24) is 5.32 Å². The third-order valence-electron chi connectivity index (χ3n) is 4.72. The van der Waals surface area contributed by atoms with Crippen LogP contribution in [0.3, 0.4) is 0 Å². The second-order valence-corrected chi connectivity index (χ2v) is 7.33. The minimum absolute atomic E-state index is 0.0824. The van der Waals surface area contributed by atoms with Gasteiger partial charge in [-0.25, -0.2) is 0 Å². The standard InChI is InChI=1S/C20H26ClN3O/c1-3-4-5-15-11-16(12-22)10-14(2)20(25)24-19(23-13-15)17-6-8-18(21)9-7-17/h6-9,14-16H,3-5,10-11,13H2,1-2H3,(H,23,24,25). The van der Waals surface area contributed by atoms with Crippen LogP contribution in [0.15, 0.2) is 29.3 Å². The van der Waals surface area contributed by atoms with Gasteiger partial charge in [0, 0.05) is 29.0 Å². The summed E-state index contributed by atoms with van der Waals surface area (Å²) in [7, 11) is 0. The molecular formula is C20H26ClN3O. The fourth-order valence-corrected chi connectivity index (χ4v) is 3.31. The first kappa shape index (κ1) is 19.5. The molecule has 1 amide bonds. The van der Waals surface area contributed by atoms with Crippen LogP contribution >= 0.6 is 11.6 Å². The Balaban J connectivity index is 2.28. The number of aliphatic imine (C=N–C) groups is 1. The van der Waals surface area contributed by atoms with Crippen LogP contribution in [0, 0.1) is 29.1 Å². The molecule has 25 heavy (non-hydrogen) atoms. The Labute approximate surface area is 155 Å². The molecule has 0 saturated heterocycles. The lowest BCUT2D eigenvalue weighted by atomic mass is 9.85. The Bertz CT molecular complexity index is 648. The minimum atomic E-state index is -0.216. The largest absolute Gasteiger partial charge is 0.310 e. The molecule has 1 aromatic carbocycles. The Morgan fingerprint density at radius 1 is 1.32 bits per heavy atom. The van der Waals surface area contributed by atoms with E-state index in [1.54, 1.807) is 12.1 Å². The van der Waals surface area contributed by atoms with E-state index >= 15 is 0 Å². The lowest BCUT2D eigenvalue weighted by Crippen LogP contribution is -2.37. The van der Waals surface area contributed by atoms with Crippen LogP contribution < -0.4 is 5.32 Å². The van der Waals surface area contributed by atoms with Crippen molar-refractivity contribution >= 4 is 23.3 Å². The van der Waals surface area contributed by atoms with Gasteiger partial charge in [-0.15, -0.1) is 0 Å². The van der Waals surface area contributed by atoms with Gasteiger partial charge in [0.2, 0.25) is 5.91 Å². The van der Waals surface area contributed by atoms with Crippen LogP contribution in [0.25, 0.3) is 0 Å². The molecule has 1 aliphatic rings. The normalized spacial score (nSPS) is 24.8. The number of nitrogens with zero attached hydrogens (tertiary/aromatic N) is 2. The molecule has 3 unspecified atom stereocenters. The molecule has 3 atom stereocenters. The number of hydrogen-bond donors (Lipinski definition) is 1. The van der Waals surface area contributed by atoms with Gasteiger partial charge < -0.3 is 5.32 Å². The molecule has 1 N–H and O–H groups in total. The third kappa shape index (κ3) is 5.86. The summed E-state index contributed by atoms with van der Waals surface area (Å²) in [4.78, 5) is 17.2. The first-order chi connectivity index (χ1) is 12.0. The number of hydrogen-bond acceptors (Lipinski definition) is 3.